The minimum Gasteiger partial charge on any atom is -0.459 e. The molecule has 9 heteroatoms. The van der Waals surface area contributed by atoms with Crippen molar-refractivity contribution >= 4 is 23.9 Å². The summed E-state index contributed by atoms with van der Waals surface area (Å²) in [4.78, 5) is 47.9. The molecule has 0 fully saturated rings. The van der Waals surface area contributed by atoms with Gasteiger partial charge in [0.1, 0.15) is 18.2 Å². The van der Waals surface area contributed by atoms with Crippen LogP contribution in [0.15, 0.2) is 18.2 Å². The summed E-state index contributed by atoms with van der Waals surface area (Å²) >= 11 is 0. The molecule has 0 bridgehead atoms. The second kappa shape index (κ2) is 13.7. The molecule has 1 unspecified atom stereocenters. The lowest BCUT2D eigenvalue weighted by molar-refractivity contribution is -0.164. The number of benzene rings is 1. The van der Waals surface area contributed by atoms with E-state index in [1.165, 1.54) is 19.1 Å². The molecule has 0 saturated heterocycles. The van der Waals surface area contributed by atoms with Crippen molar-refractivity contribution < 1.29 is 38.1 Å². The van der Waals surface area contributed by atoms with Gasteiger partial charge in [-0.05, 0) is 49.8 Å². The molecule has 0 spiro atoms. The summed E-state index contributed by atoms with van der Waals surface area (Å²) in [5, 5.41) is 0. The fraction of sp³-hybridized carbons (Fsp3) is 0.600. The van der Waals surface area contributed by atoms with Crippen molar-refractivity contribution in [2.75, 3.05) is 0 Å². The van der Waals surface area contributed by atoms with Gasteiger partial charge in [-0.1, -0.05) is 33.8 Å². The van der Waals surface area contributed by atoms with Crippen molar-refractivity contribution in [2.45, 2.75) is 86.0 Å². The molecule has 0 amide bonds. The Hall–Kier alpha value is -2.94. The highest BCUT2D eigenvalue weighted by molar-refractivity contribution is 5.77. The van der Waals surface area contributed by atoms with E-state index in [9.17, 15) is 19.2 Å². The predicted molar refractivity (Wildman–Crippen MR) is 125 cm³/mol. The molecule has 0 aliphatic rings. The van der Waals surface area contributed by atoms with Crippen LogP contribution in [0.25, 0.3) is 0 Å². The summed E-state index contributed by atoms with van der Waals surface area (Å²) < 4.78 is 21.2. The molecular formula is C25H37NO8. The highest BCUT2D eigenvalue weighted by atomic mass is 16.6. The number of carbonyl (C=O) groups is 4. The molecule has 0 aliphatic carbocycles. The van der Waals surface area contributed by atoms with Crippen LogP contribution in [-0.4, -0.2) is 42.1 Å². The van der Waals surface area contributed by atoms with E-state index in [1.54, 1.807) is 19.9 Å². The van der Waals surface area contributed by atoms with E-state index in [0.717, 1.165) is 0 Å². The first-order valence-corrected chi connectivity index (χ1v) is 11.5. The molecule has 190 valence electrons. The summed E-state index contributed by atoms with van der Waals surface area (Å²) in [6.45, 7) is 12.0. The van der Waals surface area contributed by atoms with Gasteiger partial charge in [0, 0.05) is 19.8 Å². The Morgan fingerprint density at radius 3 is 1.79 bits per heavy atom. The monoisotopic (exact) mass is 479 g/mol. The zero-order valence-electron chi connectivity index (χ0n) is 21.1. The summed E-state index contributed by atoms with van der Waals surface area (Å²) in [6.07, 6.45) is -0.823. The first-order chi connectivity index (χ1) is 15.8. The Balaban J connectivity index is 2.97. The maximum Gasteiger partial charge on any atom is 0.323 e. The maximum atomic E-state index is 12.4. The van der Waals surface area contributed by atoms with Crippen LogP contribution in [-0.2, 0) is 35.1 Å². The van der Waals surface area contributed by atoms with Crippen molar-refractivity contribution in [2.24, 2.45) is 17.6 Å². The summed E-state index contributed by atoms with van der Waals surface area (Å²) in [7, 11) is 0. The number of nitrogens with two attached hydrogens (primary N) is 1. The van der Waals surface area contributed by atoms with Gasteiger partial charge in [0.2, 0.25) is 0 Å². The van der Waals surface area contributed by atoms with Crippen LogP contribution in [0, 0.1) is 11.8 Å². The highest BCUT2D eigenvalue weighted by Gasteiger charge is 2.24. The minimum absolute atomic E-state index is 0.0812. The molecule has 1 aromatic carbocycles. The van der Waals surface area contributed by atoms with E-state index >= 15 is 0 Å². The first kappa shape index (κ1) is 29.1. The number of hydrogen-bond acceptors (Lipinski definition) is 9. The van der Waals surface area contributed by atoms with Gasteiger partial charge >= 0.3 is 23.9 Å². The highest BCUT2D eigenvalue weighted by Crippen LogP contribution is 2.30. The second-order valence-electron chi connectivity index (χ2n) is 9.19. The largest absolute Gasteiger partial charge is 0.459 e. The zero-order chi connectivity index (χ0) is 26.0. The Kier molecular flexibility index (Phi) is 11.7. The third kappa shape index (κ3) is 10.8. The van der Waals surface area contributed by atoms with E-state index in [4.69, 9.17) is 24.7 Å². The molecule has 0 saturated carbocycles. The Morgan fingerprint density at radius 1 is 0.794 bits per heavy atom. The van der Waals surface area contributed by atoms with E-state index in [0.29, 0.717) is 5.56 Å². The van der Waals surface area contributed by atoms with Gasteiger partial charge in [-0.25, -0.2) is 0 Å². The summed E-state index contributed by atoms with van der Waals surface area (Å²) in [5.74, 6) is -1.67. The van der Waals surface area contributed by atoms with E-state index < -0.39 is 42.1 Å². The first-order valence-electron chi connectivity index (χ1n) is 11.5. The molecule has 0 aromatic heterocycles. The summed E-state index contributed by atoms with van der Waals surface area (Å²) in [6, 6.07) is 3.65. The molecular weight excluding hydrogens is 442 g/mol. The number of hydrogen-bond donors (Lipinski definition) is 1. The lowest BCUT2D eigenvalue weighted by Gasteiger charge is -2.22. The molecule has 1 rings (SSSR count). The second-order valence-corrected chi connectivity index (χ2v) is 9.19. The molecule has 9 nitrogen and oxygen atoms in total. The number of carbonyl (C=O) groups excluding carboxylic acids is 4. The Labute approximate surface area is 201 Å². The minimum atomic E-state index is -1.01. The van der Waals surface area contributed by atoms with Gasteiger partial charge in [-0.15, -0.1) is 0 Å². The fourth-order valence-corrected chi connectivity index (χ4v) is 2.90. The van der Waals surface area contributed by atoms with E-state index in [1.807, 2.05) is 27.7 Å². The number of ether oxygens (including phenoxy) is 4. The van der Waals surface area contributed by atoms with Crippen LogP contribution in [0.4, 0.5) is 0 Å². The molecule has 0 radical (unpaired) electrons. The van der Waals surface area contributed by atoms with Crippen LogP contribution in [0.2, 0.25) is 0 Å². The molecule has 0 aliphatic heterocycles. The summed E-state index contributed by atoms with van der Waals surface area (Å²) in [5.41, 5.74) is 6.60. The molecule has 3 atom stereocenters. The SMILES string of the molecule is CC(=O)OC(C)[C@H](C)OC(=O)[C@@H](N)Cc1ccc(OC(=O)CC(C)C)c(OC(=O)CC(C)C)c1. The smallest absolute Gasteiger partial charge is 0.323 e. The van der Waals surface area contributed by atoms with Crippen LogP contribution >= 0.6 is 0 Å². The van der Waals surface area contributed by atoms with Crippen molar-refractivity contribution in [3.05, 3.63) is 23.8 Å². The Morgan fingerprint density at radius 2 is 1.29 bits per heavy atom. The van der Waals surface area contributed by atoms with Crippen LogP contribution in [0.3, 0.4) is 0 Å². The van der Waals surface area contributed by atoms with Gasteiger partial charge < -0.3 is 24.7 Å². The number of rotatable bonds is 12. The lowest BCUT2D eigenvalue weighted by Crippen LogP contribution is -2.39. The van der Waals surface area contributed by atoms with Gasteiger partial charge in [0.15, 0.2) is 11.5 Å². The van der Waals surface area contributed by atoms with Crippen LogP contribution in [0.1, 0.15) is 66.9 Å². The fourth-order valence-electron chi connectivity index (χ4n) is 2.90. The van der Waals surface area contributed by atoms with Gasteiger partial charge in [0.25, 0.3) is 0 Å². The van der Waals surface area contributed by atoms with Gasteiger partial charge in [-0.3, -0.25) is 19.2 Å². The average molecular weight is 480 g/mol. The molecule has 34 heavy (non-hydrogen) atoms. The van der Waals surface area contributed by atoms with Gasteiger partial charge in [-0.2, -0.15) is 0 Å². The lowest BCUT2D eigenvalue weighted by atomic mass is 10.1. The zero-order valence-corrected chi connectivity index (χ0v) is 21.1. The van der Waals surface area contributed by atoms with Crippen molar-refractivity contribution in [3.63, 3.8) is 0 Å². The quantitative estimate of drug-likeness (QED) is 0.354. The standard InChI is InChI=1S/C25H37NO8/c1-14(2)10-23(28)33-21-9-8-19(13-22(21)34-24(29)11-15(3)4)12-20(26)25(30)32-17(6)16(5)31-18(7)27/h8-9,13-17,20H,10-12,26H2,1-7H3/t16?,17-,20-/m0/s1. The van der Waals surface area contributed by atoms with Crippen LogP contribution in [0.5, 0.6) is 11.5 Å². The maximum absolute atomic E-state index is 12.4. The van der Waals surface area contributed by atoms with E-state index in [-0.39, 0.29) is 42.6 Å². The van der Waals surface area contributed by atoms with Crippen molar-refractivity contribution in [1.29, 1.82) is 0 Å². The van der Waals surface area contributed by atoms with Crippen LogP contribution < -0.4 is 15.2 Å². The topological polar surface area (TPSA) is 131 Å². The van der Waals surface area contributed by atoms with Crippen molar-refractivity contribution in [3.8, 4) is 11.5 Å². The third-order valence-corrected chi connectivity index (χ3v) is 4.68. The third-order valence-electron chi connectivity index (χ3n) is 4.68. The van der Waals surface area contributed by atoms with Crippen molar-refractivity contribution in [1.82, 2.24) is 0 Å². The average Bonchev–Trinajstić information content (AvgIpc) is 2.67. The predicted octanol–water partition coefficient (Wildman–Crippen LogP) is 3.34. The van der Waals surface area contributed by atoms with E-state index in [2.05, 4.69) is 0 Å². The molecule has 0 heterocycles. The molecule has 1 aromatic rings. The Bertz CT molecular complexity index is 864. The normalized spacial score (nSPS) is 13.7. The van der Waals surface area contributed by atoms with Gasteiger partial charge in [0.05, 0.1) is 0 Å². The molecule has 2 N–H and O–H groups in total. The number of esters is 4.